The molecule has 1 aliphatic heterocycles. The number of nitro groups is 1. The van der Waals surface area contributed by atoms with Crippen molar-refractivity contribution in [3.05, 3.63) is 39.9 Å². The summed E-state index contributed by atoms with van der Waals surface area (Å²) < 4.78 is 0. The fourth-order valence-electron chi connectivity index (χ4n) is 1.96. The SMILES string of the molecule is Cl.O=C(NCc1ccc([N+](=O)[O-])cc1)[C@@H]1CCCN1. The van der Waals surface area contributed by atoms with E-state index in [1.54, 1.807) is 12.1 Å². The van der Waals surface area contributed by atoms with Crippen LogP contribution < -0.4 is 10.6 Å². The molecule has 1 aliphatic rings. The Morgan fingerprint density at radius 1 is 1.42 bits per heavy atom. The third-order valence-corrected chi connectivity index (χ3v) is 2.99. The number of benzene rings is 1. The number of hydrogen-bond acceptors (Lipinski definition) is 4. The van der Waals surface area contributed by atoms with Crippen molar-refractivity contribution in [2.24, 2.45) is 0 Å². The summed E-state index contributed by atoms with van der Waals surface area (Å²) in [4.78, 5) is 21.8. The van der Waals surface area contributed by atoms with Crippen molar-refractivity contribution in [3.63, 3.8) is 0 Å². The van der Waals surface area contributed by atoms with Gasteiger partial charge in [-0.15, -0.1) is 12.4 Å². The van der Waals surface area contributed by atoms with Gasteiger partial charge in [0.05, 0.1) is 11.0 Å². The fourth-order valence-corrected chi connectivity index (χ4v) is 1.96. The zero-order valence-electron chi connectivity index (χ0n) is 10.3. The molecule has 7 heteroatoms. The molecule has 1 aromatic carbocycles. The molecule has 2 rings (SSSR count). The summed E-state index contributed by atoms with van der Waals surface area (Å²) in [6.07, 6.45) is 1.89. The van der Waals surface area contributed by atoms with E-state index in [0.717, 1.165) is 24.9 Å². The predicted octanol–water partition coefficient (Wildman–Crippen LogP) is 1.38. The van der Waals surface area contributed by atoms with Crippen LogP contribution >= 0.6 is 12.4 Å². The lowest BCUT2D eigenvalue weighted by atomic mass is 10.2. The maximum Gasteiger partial charge on any atom is 0.269 e. The topological polar surface area (TPSA) is 84.3 Å². The second kappa shape index (κ2) is 7.06. The molecule has 1 heterocycles. The Labute approximate surface area is 117 Å². The highest BCUT2D eigenvalue weighted by atomic mass is 35.5. The summed E-state index contributed by atoms with van der Waals surface area (Å²) in [6, 6.07) is 6.09. The number of hydrogen-bond donors (Lipinski definition) is 2. The summed E-state index contributed by atoms with van der Waals surface area (Å²) in [5, 5.41) is 16.4. The molecule has 1 amide bonds. The van der Waals surface area contributed by atoms with Gasteiger partial charge in [-0.1, -0.05) is 12.1 Å². The number of nitrogens with zero attached hydrogens (tertiary/aromatic N) is 1. The number of carbonyl (C=O) groups is 1. The largest absolute Gasteiger partial charge is 0.351 e. The van der Waals surface area contributed by atoms with Gasteiger partial charge in [-0.05, 0) is 24.9 Å². The molecular formula is C12H16ClN3O3. The van der Waals surface area contributed by atoms with Crippen molar-refractivity contribution in [2.75, 3.05) is 6.54 Å². The molecule has 2 N–H and O–H groups in total. The maximum absolute atomic E-state index is 11.7. The number of nitro benzene ring substituents is 1. The standard InChI is InChI=1S/C12H15N3O3.ClH/c16-12(11-2-1-7-13-11)14-8-9-3-5-10(6-4-9)15(17)18;/h3-6,11,13H,1-2,7-8H2,(H,14,16);1H/t11-;/m0./s1. The average Bonchev–Trinajstić information content (AvgIpc) is 2.90. The molecule has 104 valence electrons. The van der Waals surface area contributed by atoms with Crippen LogP contribution in [0.3, 0.4) is 0 Å². The Kier molecular flexibility index (Phi) is 5.72. The van der Waals surface area contributed by atoms with E-state index < -0.39 is 4.92 Å². The smallest absolute Gasteiger partial charge is 0.269 e. The van der Waals surface area contributed by atoms with Crippen LogP contribution in [0.2, 0.25) is 0 Å². The molecule has 0 bridgehead atoms. The molecular weight excluding hydrogens is 270 g/mol. The van der Waals surface area contributed by atoms with Crippen molar-refractivity contribution in [1.82, 2.24) is 10.6 Å². The van der Waals surface area contributed by atoms with E-state index in [-0.39, 0.29) is 30.0 Å². The molecule has 1 saturated heterocycles. The minimum Gasteiger partial charge on any atom is -0.351 e. The van der Waals surface area contributed by atoms with Crippen molar-refractivity contribution in [2.45, 2.75) is 25.4 Å². The highest BCUT2D eigenvalue weighted by molar-refractivity contribution is 5.85. The molecule has 1 aromatic rings. The van der Waals surface area contributed by atoms with Crippen LogP contribution in [-0.2, 0) is 11.3 Å². The van der Waals surface area contributed by atoms with E-state index in [1.807, 2.05) is 0 Å². The highest BCUT2D eigenvalue weighted by Crippen LogP contribution is 2.12. The first-order valence-electron chi connectivity index (χ1n) is 5.91. The summed E-state index contributed by atoms with van der Waals surface area (Å²) in [5.41, 5.74) is 0.912. The predicted molar refractivity (Wildman–Crippen MR) is 73.2 cm³/mol. The quantitative estimate of drug-likeness (QED) is 0.647. The zero-order valence-corrected chi connectivity index (χ0v) is 11.1. The lowest BCUT2D eigenvalue weighted by Crippen LogP contribution is -2.39. The lowest BCUT2D eigenvalue weighted by Gasteiger charge is -2.10. The van der Waals surface area contributed by atoms with Gasteiger partial charge in [0.15, 0.2) is 0 Å². The van der Waals surface area contributed by atoms with E-state index >= 15 is 0 Å². The van der Waals surface area contributed by atoms with Crippen LogP contribution in [0, 0.1) is 10.1 Å². The summed E-state index contributed by atoms with van der Waals surface area (Å²) in [5.74, 6) is -0.00847. The molecule has 0 unspecified atom stereocenters. The first-order valence-corrected chi connectivity index (χ1v) is 5.91. The van der Waals surface area contributed by atoms with Gasteiger partial charge < -0.3 is 10.6 Å². The zero-order chi connectivity index (χ0) is 13.0. The maximum atomic E-state index is 11.7. The number of halogens is 1. The van der Waals surface area contributed by atoms with Gasteiger partial charge in [0.1, 0.15) is 0 Å². The summed E-state index contributed by atoms with van der Waals surface area (Å²) in [6.45, 7) is 1.28. The van der Waals surface area contributed by atoms with Gasteiger partial charge >= 0.3 is 0 Å². The Balaban J connectivity index is 0.00000180. The normalized spacial score (nSPS) is 17.6. The number of amides is 1. The average molecular weight is 286 g/mol. The first kappa shape index (κ1) is 15.4. The van der Waals surface area contributed by atoms with Gasteiger partial charge in [0, 0.05) is 18.7 Å². The third-order valence-electron chi connectivity index (χ3n) is 2.99. The minimum absolute atomic E-state index is 0. The molecule has 0 spiro atoms. The van der Waals surface area contributed by atoms with Crippen LogP contribution in [0.4, 0.5) is 5.69 Å². The molecule has 0 aliphatic carbocycles. The molecule has 19 heavy (non-hydrogen) atoms. The van der Waals surface area contributed by atoms with E-state index in [4.69, 9.17) is 0 Å². The first-order chi connectivity index (χ1) is 8.66. The molecule has 0 saturated carbocycles. The third kappa shape index (κ3) is 4.18. The summed E-state index contributed by atoms with van der Waals surface area (Å²) >= 11 is 0. The van der Waals surface area contributed by atoms with Crippen LogP contribution in [0.15, 0.2) is 24.3 Å². The van der Waals surface area contributed by atoms with Gasteiger partial charge in [0.25, 0.3) is 5.69 Å². The Morgan fingerprint density at radius 3 is 2.63 bits per heavy atom. The molecule has 1 fully saturated rings. The second-order valence-electron chi connectivity index (χ2n) is 4.29. The van der Waals surface area contributed by atoms with Gasteiger partial charge in [0.2, 0.25) is 5.91 Å². The number of non-ortho nitro benzene ring substituents is 1. The summed E-state index contributed by atoms with van der Waals surface area (Å²) in [7, 11) is 0. The van der Waals surface area contributed by atoms with E-state index in [1.165, 1.54) is 12.1 Å². The molecule has 0 aromatic heterocycles. The fraction of sp³-hybridized carbons (Fsp3) is 0.417. The van der Waals surface area contributed by atoms with Gasteiger partial charge in [-0.3, -0.25) is 14.9 Å². The van der Waals surface area contributed by atoms with Crippen molar-refractivity contribution in [3.8, 4) is 0 Å². The van der Waals surface area contributed by atoms with Crippen LogP contribution in [0.1, 0.15) is 18.4 Å². The molecule has 1 atom stereocenters. The minimum atomic E-state index is -0.440. The van der Waals surface area contributed by atoms with Crippen LogP contribution in [0.5, 0.6) is 0 Å². The lowest BCUT2D eigenvalue weighted by molar-refractivity contribution is -0.384. The Bertz CT molecular complexity index is 444. The number of nitrogens with one attached hydrogen (secondary N) is 2. The van der Waals surface area contributed by atoms with Crippen LogP contribution in [-0.4, -0.2) is 23.4 Å². The van der Waals surface area contributed by atoms with Gasteiger partial charge in [-0.25, -0.2) is 0 Å². The Morgan fingerprint density at radius 2 is 2.11 bits per heavy atom. The van der Waals surface area contributed by atoms with Gasteiger partial charge in [-0.2, -0.15) is 0 Å². The second-order valence-corrected chi connectivity index (χ2v) is 4.29. The Hall–Kier alpha value is -1.66. The number of rotatable bonds is 4. The molecule has 0 radical (unpaired) electrons. The number of carbonyl (C=O) groups excluding carboxylic acids is 1. The van der Waals surface area contributed by atoms with E-state index in [9.17, 15) is 14.9 Å². The highest BCUT2D eigenvalue weighted by Gasteiger charge is 2.21. The van der Waals surface area contributed by atoms with E-state index in [2.05, 4.69) is 10.6 Å². The van der Waals surface area contributed by atoms with Crippen molar-refractivity contribution >= 4 is 24.0 Å². The van der Waals surface area contributed by atoms with Crippen molar-refractivity contribution in [1.29, 1.82) is 0 Å². The monoisotopic (exact) mass is 285 g/mol. The molecule has 6 nitrogen and oxygen atoms in total. The van der Waals surface area contributed by atoms with Crippen LogP contribution in [0.25, 0.3) is 0 Å². The van der Waals surface area contributed by atoms with Crippen molar-refractivity contribution < 1.29 is 9.72 Å². The van der Waals surface area contributed by atoms with E-state index in [0.29, 0.717) is 6.54 Å².